The summed E-state index contributed by atoms with van der Waals surface area (Å²) in [5, 5.41) is 4.36. The van der Waals surface area contributed by atoms with E-state index in [4.69, 9.17) is 4.74 Å². The van der Waals surface area contributed by atoms with Gasteiger partial charge in [-0.1, -0.05) is 0 Å². The molecular weight excluding hydrogens is 318 g/mol. The number of nitrogens with zero attached hydrogens (tertiary/aromatic N) is 3. The van der Waals surface area contributed by atoms with Crippen molar-refractivity contribution in [3.8, 4) is 5.75 Å². The predicted molar refractivity (Wildman–Crippen MR) is 94.7 cm³/mol. The van der Waals surface area contributed by atoms with Gasteiger partial charge in [-0.3, -0.25) is 14.3 Å². The Kier molecular flexibility index (Phi) is 4.88. The van der Waals surface area contributed by atoms with Gasteiger partial charge in [-0.25, -0.2) is 0 Å². The van der Waals surface area contributed by atoms with E-state index >= 15 is 0 Å². The molecule has 1 aliphatic rings. The first-order valence-electron chi connectivity index (χ1n) is 8.56. The molecule has 6 nitrogen and oxygen atoms in total. The molecule has 0 bridgehead atoms. The Hall–Kier alpha value is -2.63. The molecule has 0 atom stereocenters. The number of anilines is 1. The van der Waals surface area contributed by atoms with Gasteiger partial charge >= 0.3 is 5.97 Å². The second-order valence-electron chi connectivity index (χ2n) is 6.39. The quantitative estimate of drug-likeness (QED) is 0.619. The molecule has 1 aromatic heterocycles. The normalized spacial score (nSPS) is 14.2. The van der Waals surface area contributed by atoms with Crippen LogP contribution in [0.4, 0.5) is 5.69 Å². The Morgan fingerprint density at radius 3 is 2.52 bits per heavy atom. The van der Waals surface area contributed by atoms with E-state index in [-0.39, 0.29) is 11.9 Å². The predicted octanol–water partition coefficient (Wildman–Crippen LogP) is 2.70. The van der Waals surface area contributed by atoms with Crippen molar-refractivity contribution in [1.82, 2.24) is 9.78 Å². The Bertz CT molecular complexity index is 793. The highest BCUT2D eigenvalue weighted by molar-refractivity contribution is 5.95. The minimum absolute atomic E-state index is 0.145. The Balaban J connectivity index is 1.57. The highest BCUT2D eigenvalue weighted by Gasteiger charge is 2.21. The largest absolute Gasteiger partial charge is 0.427 e. The summed E-state index contributed by atoms with van der Waals surface area (Å²) in [5.74, 6) is 0.375. The molecule has 1 amide bonds. The lowest BCUT2D eigenvalue weighted by atomic mass is 10.1. The van der Waals surface area contributed by atoms with E-state index in [2.05, 4.69) is 5.10 Å². The summed E-state index contributed by atoms with van der Waals surface area (Å²) < 4.78 is 7.23. The first kappa shape index (κ1) is 17.2. The van der Waals surface area contributed by atoms with Gasteiger partial charge in [0.25, 0.3) is 0 Å². The molecule has 0 unspecified atom stereocenters. The molecule has 0 saturated carbocycles. The van der Waals surface area contributed by atoms with Crippen molar-refractivity contribution >= 4 is 17.6 Å². The average Bonchev–Trinajstić information content (AvgIpc) is 3.10. The lowest BCUT2D eigenvalue weighted by molar-refractivity contribution is -0.134. The number of benzene rings is 1. The monoisotopic (exact) mass is 341 g/mol. The molecule has 6 heteroatoms. The number of aromatic nitrogens is 2. The third kappa shape index (κ3) is 3.73. The van der Waals surface area contributed by atoms with Crippen molar-refractivity contribution in [3.05, 3.63) is 41.2 Å². The lowest BCUT2D eigenvalue weighted by Gasteiger charge is -2.15. The van der Waals surface area contributed by atoms with E-state index < -0.39 is 0 Å². The second kappa shape index (κ2) is 7.09. The number of ether oxygens (including phenoxy) is 1. The van der Waals surface area contributed by atoms with Gasteiger partial charge in [0, 0.05) is 31.4 Å². The standard InChI is InChI=1S/C19H23N3O3/c1-13-17(14(2)21(3)20-13)10-11-19(24)25-16-8-6-15(7-9-16)22-12-4-5-18(22)23/h6-9H,4-5,10-12H2,1-3H3. The SMILES string of the molecule is Cc1nn(C)c(C)c1CCC(=O)Oc1ccc(N2CCCC2=O)cc1. The van der Waals surface area contributed by atoms with Crippen molar-refractivity contribution in [1.29, 1.82) is 0 Å². The zero-order chi connectivity index (χ0) is 18.0. The summed E-state index contributed by atoms with van der Waals surface area (Å²) in [6.45, 7) is 4.70. The molecular formula is C19H23N3O3. The average molecular weight is 341 g/mol. The van der Waals surface area contributed by atoms with Crippen molar-refractivity contribution < 1.29 is 14.3 Å². The second-order valence-corrected chi connectivity index (χ2v) is 6.39. The van der Waals surface area contributed by atoms with Crippen LogP contribution in [-0.4, -0.2) is 28.2 Å². The summed E-state index contributed by atoms with van der Waals surface area (Å²) in [5.41, 5.74) is 3.98. The molecule has 1 fully saturated rings. The number of aryl methyl sites for hydroxylation is 2. The molecule has 0 N–H and O–H groups in total. The van der Waals surface area contributed by atoms with Gasteiger partial charge in [-0.15, -0.1) is 0 Å². The van der Waals surface area contributed by atoms with E-state index in [1.807, 2.05) is 37.7 Å². The summed E-state index contributed by atoms with van der Waals surface area (Å²) in [4.78, 5) is 25.6. The van der Waals surface area contributed by atoms with Crippen LogP contribution in [0.2, 0.25) is 0 Å². The van der Waals surface area contributed by atoms with Crippen molar-refractivity contribution in [2.75, 3.05) is 11.4 Å². The number of carbonyl (C=O) groups excluding carboxylic acids is 2. The summed E-state index contributed by atoms with van der Waals surface area (Å²) in [6.07, 6.45) is 2.41. The van der Waals surface area contributed by atoms with Crippen LogP contribution in [0, 0.1) is 13.8 Å². The number of esters is 1. The van der Waals surface area contributed by atoms with Gasteiger partial charge < -0.3 is 9.64 Å². The van der Waals surface area contributed by atoms with Crippen LogP contribution >= 0.6 is 0 Å². The minimum atomic E-state index is -0.271. The zero-order valence-electron chi connectivity index (χ0n) is 14.9. The molecule has 0 aliphatic carbocycles. The molecule has 0 spiro atoms. The highest BCUT2D eigenvalue weighted by Crippen LogP contribution is 2.24. The van der Waals surface area contributed by atoms with Gasteiger partial charge in [-0.05, 0) is 56.5 Å². The Morgan fingerprint density at radius 2 is 1.96 bits per heavy atom. The summed E-state index contributed by atoms with van der Waals surface area (Å²) in [6, 6.07) is 7.11. The smallest absolute Gasteiger partial charge is 0.311 e. The maximum Gasteiger partial charge on any atom is 0.311 e. The summed E-state index contributed by atoms with van der Waals surface area (Å²) >= 11 is 0. The maximum atomic E-state index is 12.1. The highest BCUT2D eigenvalue weighted by atomic mass is 16.5. The fraction of sp³-hybridized carbons (Fsp3) is 0.421. The summed E-state index contributed by atoms with van der Waals surface area (Å²) in [7, 11) is 1.90. The van der Waals surface area contributed by atoms with E-state index in [0.29, 0.717) is 25.0 Å². The van der Waals surface area contributed by atoms with E-state index in [1.54, 1.807) is 17.0 Å². The van der Waals surface area contributed by atoms with E-state index in [1.165, 1.54) is 0 Å². The van der Waals surface area contributed by atoms with Crippen LogP contribution in [-0.2, 0) is 23.1 Å². The van der Waals surface area contributed by atoms with Crippen LogP contribution in [0.1, 0.15) is 36.2 Å². The van der Waals surface area contributed by atoms with Gasteiger partial charge in [0.1, 0.15) is 5.75 Å². The first-order valence-corrected chi connectivity index (χ1v) is 8.56. The maximum absolute atomic E-state index is 12.1. The number of rotatable bonds is 5. The molecule has 25 heavy (non-hydrogen) atoms. The number of hydrogen-bond acceptors (Lipinski definition) is 4. The van der Waals surface area contributed by atoms with Gasteiger partial charge in [0.05, 0.1) is 12.1 Å². The van der Waals surface area contributed by atoms with Crippen LogP contribution < -0.4 is 9.64 Å². The Morgan fingerprint density at radius 1 is 1.24 bits per heavy atom. The molecule has 2 heterocycles. The van der Waals surface area contributed by atoms with E-state index in [9.17, 15) is 9.59 Å². The zero-order valence-corrected chi connectivity index (χ0v) is 14.9. The fourth-order valence-electron chi connectivity index (χ4n) is 3.20. The molecule has 0 radical (unpaired) electrons. The molecule has 1 aromatic carbocycles. The molecule has 1 saturated heterocycles. The van der Waals surface area contributed by atoms with Gasteiger partial charge in [0.15, 0.2) is 0 Å². The minimum Gasteiger partial charge on any atom is -0.427 e. The third-order valence-electron chi connectivity index (χ3n) is 4.69. The van der Waals surface area contributed by atoms with Gasteiger partial charge in [-0.2, -0.15) is 5.10 Å². The fourth-order valence-corrected chi connectivity index (χ4v) is 3.20. The molecule has 2 aromatic rings. The number of hydrogen-bond donors (Lipinski definition) is 0. The third-order valence-corrected chi connectivity index (χ3v) is 4.69. The van der Waals surface area contributed by atoms with Crippen LogP contribution in [0.25, 0.3) is 0 Å². The van der Waals surface area contributed by atoms with Crippen LogP contribution in [0.3, 0.4) is 0 Å². The van der Waals surface area contributed by atoms with Crippen LogP contribution in [0.5, 0.6) is 5.75 Å². The van der Waals surface area contributed by atoms with E-state index in [0.717, 1.165) is 35.6 Å². The van der Waals surface area contributed by atoms with Gasteiger partial charge in [0.2, 0.25) is 5.91 Å². The first-order chi connectivity index (χ1) is 12.0. The van der Waals surface area contributed by atoms with Crippen molar-refractivity contribution in [2.45, 2.75) is 39.5 Å². The lowest BCUT2D eigenvalue weighted by Crippen LogP contribution is -2.23. The van der Waals surface area contributed by atoms with Crippen molar-refractivity contribution in [2.24, 2.45) is 7.05 Å². The molecule has 3 rings (SSSR count). The molecule has 1 aliphatic heterocycles. The molecule has 132 valence electrons. The van der Waals surface area contributed by atoms with Crippen molar-refractivity contribution in [3.63, 3.8) is 0 Å². The Labute approximate surface area is 147 Å². The number of amides is 1. The number of carbonyl (C=O) groups is 2. The topological polar surface area (TPSA) is 64.4 Å². The van der Waals surface area contributed by atoms with Crippen LogP contribution in [0.15, 0.2) is 24.3 Å².